The molecule has 7 nitrogen and oxygen atoms in total. The first-order chi connectivity index (χ1) is 15.5. The first-order valence-electron chi connectivity index (χ1n) is 9.40. The highest BCUT2D eigenvalue weighted by Gasteiger charge is 2.21. The summed E-state index contributed by atoms with van der Waals surface area (Å²) >= 11 is 4.25. The molecular formula is C21H18FN5O2S3. The number of ether oxygens (including phenoxy) is 1. The second-order valence-corrected chi connectivity index (χ2v) is 9.48. The van der Waals surface area contributed by atoms with E-state index in [-0.39, 0.29) is 11.7 Å². The van der Waals surface area contributed by atoms with Gasteiger partial charge < -0.3 is 10.1 Å². The molecule has 164 valence electrons. The minimum Gasteiger partial charge on any atom is -0.495 e. The van der Waals surface area contributed by atoms with Gasteiger partial charge in [0.05, 0.1) is 18.5 Å². The van der Waals surface area contributed by atoms with Crippen molar-refractivity contribution in [3.63, 3.8) is 0 Å². The zero-order valence-electron chi connectivity index (χ0n) is 17.1. The Morgan fingerprint density at radius 3 is 2.84 bits per heavy atom. The number of thiazole rings is 1. The van der Waals surface area contributed by atoms with Gasteiger partial charge >= 0.3 is 0 Å². The van der Waals surface area contributed by atoms with Crippen LogP contribution in [0.4, 0.5) is 26.0 Å². The van der Waals surface area contributed by atoms with E-state index in [1.165, 1.54) is 53.5 Å². The van der Waals surface area contributed by atoms with Crippen molar-refractivity contribution >= 4 is 62.0 Å². The molecule has 2 aromatic heterocycles. The third-order valence-electron chi connectivity index (χ3n) is 4.20. The number of nitrogens with zero attached hydrogens (tertiary/aromatic N) is 4. The molecule has 0 spiro atoms. The number of thioether (sulfide) groups is 1. The van der Waals surface area contributed by atoms with Crippen LogP contribution < -0.4 is 15.0 Å². The molecule has 0 saturated heterocycles. The zero-order chi connectivity index (χ0) is 22.5. The Labute approximate surface area is 196 Å². The molecule has 1 N–H and O–H groups in total. The Hall–Kier alpha value is -3.02. The van der Waals surface area contributed by atoms with Gasteiger partial charge in [-0.05, 0) is 30.3 Å². The van der Waals surface area contributed by atoms with Gasteiger partial charge in [-0.3, -0.25) is 9.69 Å². The van der Waals surface area contributed by atoms with Crippen molar-refractivity contribution in [3.8, 4) is 5.75 Å². The number of aromatic nitrogens is 3. The maximum absolute atomic E-state index is 13.3. The smallest absolute Gasteiger partial charge is 0.230 e. The lowest BCUT2D eigenvalue weighted by Gasteiger charge is -2.20. The number of hydrogen-bond donors (Lipinski definition) is 1. The summed E-state index contributed by atoms with van der Waals surface area (Å²) in [4.78, 5) is 18.5. The van der Waals surface area contributed by atoms with E-state index in [1.54, 1.807) is 30.2 Å². The van der Waals surface area contributed by atoms with Crippen molar-refractivity contribution in [2.75, 3.05) is 17.3 Å². The molecule has 0 aliphatic heterocycles. The van der Waals surface area contributed by atoms with Crippen LogP contribution in [0, 0.1) is 5.82 Å². The van der Waals surface area contributed by atoms with Crippen LogP contribution in [-0.2, 0) is 10.5 Å². The van der Waals surface area contributed by atoms with Crippen LogP contribution in [0.15, 0.2) is 58.3 Å². The highest BCUT2D eigenvalue weighted by atomic mass is 32.2. The lowest BCUT2D eigenvalue weighted by Crippen LogP contribution is -2.23. The normalized spacial score (nSPS) is 10.7. The number of benzene rings is 2. The lowest BCUT2D eigenvalue weighted by atomic mass is 10.2. The van der Waals surface area contributed by atoms with Crippen LogP contribution in [0.5, 0.6) is 5.75 Å². The number of carbonyl (C=O) groups is 1. The highest BCUT2D eigenvalue weighted by molar-refractivity contribution is 8.00. The van der Waals surface area contributed by atoms with Crippen molar-refractivity contribution in [1.82, 2.24) is 15.2 Å². The average Bonchev–Trinajstić information content (AvgIpc) is 3.42. The Bertz CT molecular complexity index is 1230. The van der Waals surface area contributed by atoms with E-state index in [2.05, 4.69) is 20.5 Å². The standard InChI is InChI=1S/C21H18FN5O2S3/c1-13(28)27(17-8-3-4-9-18(17)29-2)20-24-16(11-30-20)12-31-21-26-25-19(32-21)23-15-7-5-6-14(22)10-15/h3-11H,12H2,1-2H3,(H,23,25). The number of hydrogen-bond acceptors (Lipinski definition) is 9. The number of methoxy groups -OCH3 is 1. The number of anilines is 4. The SMILES string of the molecule is COc1ccccc1N(C(C)=O)c1nc(CSc2nnc(Nc3cccc(F)c3)s2)cs1. The lowest BCUT2D eigenvalue weighted by molar-refractivity contribution is -0.115. The number of carbonyl (C=O) groups excluding carboxylic acids is 1. The van der Waals surface area contributed by atoms with Crippen LogP contribution >= 0.6 is 34.4 Å². The van der Waals surface area contributed by atoms with E-state index in [1.807, 2.05) is 23.6 Å². The maximum atomic E-state index is 13.3. The van der Waals surface area contributed by atoms with Gasteiger partial charge in [-0.1, -0.05) is 41.3 Å². The fraction of sp³-hybridized carbons (Fsp3) is 0.143. The molecule has 4 aromatic rings. The topological polar surface area (TPSA) is 80.2 Å². The van der Waals surface area contributed by atoms with E-state index in [4.69, 9.17) is 4.74 Å². The molecule has 2 heterocycles. The van der Waals surface area contributed by atoms with Gasteiger partial charge in [0.15, 0.2) is 9.47 Å². The van der Waals surface area contributed by atoms with Gasteiger partial charge in [-0.25, -0.2) is 9.37 Å². The number of nitrogens with one attached hydrogen (secondary N) is 1. The second-order valence-electron chi connectivity index (χ2n) is 6.44. The third kappa shape index (κ3) is 5.23. The fourth-order valence-electron chi connectivity index (χ4n) is 2.83. The van der Waals surface area contributed by atoms with Crippen LogP contribution in [0.3, 0.4) is 0 Å². The van der Waals surface area contributed by atoms with Crippen LogP contribution in [0.1, 0.15) is 12.6 Å². The Morgan fingerprint density at radius 2 is 2.06 bits per heavy atom. The first kappa shape index (κ1) is 22.2. The zero-order valence-corrected chi connectivity index (χ0v) is 19.6. The average molecular weight is 488 g/mol. The van der Waals surface area contributed by atoms with E-state index >= 15 is 0 Å². The molecule has 0 saturated carbocycles. The Morgan fingerprint density at radius 1 is 1.22 bits per heavy atom. The first-order valence-corrected chi connectivity index (χ1v) is 12.1. The summed E-state index contributed by atoms with van der Waals surface area (Å²) in [6.07, 6.45) is 0. The van der Waals surface area contributed by atoms with E-state index < -0.39 is 0 Å². The van der Waals surface area contributed by atoms with Crippen molar-refractivity contribution < 1.29 is 13.9 Å². The largest absolute Gasteiger partial charge is 0.495 e. The predicted molar refractivity (Wildman–Crippen MR) is 127 cm³/mol. The maximum Gasteiger partial charge on any atom is 0.230 e. The van der Waals surface area contributed by atoms with E-state index in [0.717, 1.165) is 10.0 Å². The van der Waals surface area contributed by atoms with Crippen molar-refractivity contribution in [3.05, 3.63) is 65.4 Å². The van der Waals surface area contributed by atoms with Gasteiger partial charge in [0.25, 0.3) is 0 Å². The summed E-state index contributed by atoms with van der Waals surface area (Å²) < 4.78 is 19.5. The molecule has 0 aliphatic rings. The van der Waals surface area contributed by atoms with Crippen LogP contribution in [0.2, 0.25) is 0 Å². The molecule has 0 unspecified atom stereocenters. The van der Waals surface area contributed by atoms with Gasteiger partial charge in [0.1, 0.15) is 11.6 Å². The molecule has 0 aliphatic carbocycles. The minimum atomic E-state index is -0.318. The monoisotopic (exact) mass is 487 g/mol. The van der Waals surface area contributed by atoms with Gasteiger partial charge in [-0.2, -0.15) is 0 Å². The van der Waals surface area contributed by atoms with Crippen molar-refractivity contribution in [2.45, 2.75) is 17.0 Å². The van der Waals surface area contributed by atoms with Gasteiger partial charge in [0, 0.05) is 23.7 Å². The molecule has 1 amide bonds. The molecule has 0 radical (unpaired) electrons. The summed E-state index contributed by atoms with van der Waals surface area (Å²) in [5, 5.41) is 14.4. The molecular weight excluding hydrogens is 469 g/mol. The van der Waals surface area contributed by atoms with Crippen LogP contribution in [-0.4, -0.2) is 28.2 Å². The molecule has 2 aromatic carbocycles. The number of amides is 1. The predicted octanol–water partition coefficient (Wildman–Crippen LogP) is 5.86. The quantitative estimate of drug-likeness (QED) is 0.312. The highest BCUT2D eigenvalue weighted by Crippen LogP contribution is 2.36. The third-order valence-corrected chi connectivity index (χ3v) is 7.08. The summed E-state index contributed by atoms with van der Waals surface area (Å²) in [7, 11) is 1.57. The summed E-state index contributed by atoms with van der Waals surface area (Å²) in [6.45, 7) is 1.50. The minimum absolute atomic E-state index is 0.153. The molecule has 4 rings (SSSR count). The van der Waals surface area contributed by atoms with Gasteiger partial charge in [0.2, 0.25) is 11.0 Å². The van der Waals surface area contributed by atoms with Crippen molar-refractivity contribution in [2.24, 2.45) is 0 Å². The van der Waals surface area contributed by atoms with Gasteiger partial charge in [-0.15, -0.1) is 21.5 Å². The van der Waals surface area contributed by atoms with Crippen molar-refractivity contribution in [1.29, 1.82) is 0 Å². The van der Waals surface area contributed by atoms with E-state index in [9.17, 15) is 9.18 Å². The molecule has 32 heavy (non-hydrogen) atoms. The molecule has 0 atom stereocenters. The summed E-state index contributed by atoms with van der Waals surface area (Å²) in [6, 6.07) is 13.5. The Balaban J connectivity index is 1.43. The van der Waals surface area contributed by atoms with E-state index in [0.29, 0.717) is 33.1 Å². The summed E-state index contributed by atoms with van der Waals surface area (Å²) in [5.41, 5.74) is 2.08. The fourth-order valence-corrected chi connectivity index (χ4v) is 5.48. The number of rotatable bonds is 8. The number of halogens is 1. The molecule has 0 bridgehead atoms. The Kier molecular flexibility index (Phi) is 6.98. The summed E-state index contributed by atoms with van der Waals surface area (Å²) in [5.74, 6) is 0.699. The molecule has 11 heteroatoms. The van der Waals surface area contributed by atoms with Crippen LogP contribution in [0.25, 0.3) is 0 Å². The molecule has 0 fully saturated rings. The second kappa shape index (κ2) is 10.1. The number of para-hydroxylation sites is 2.